The van der Waals surface area contributed by atoms with Gasteiger partial charge in [-0.2, -0.15) is 0 Å². The molecule has 0 spiro atoms. The van der Waals surface area contributed by atoms with Crippen molar-refractivity contribution in [3.05, 3.63) is 35.4 Å². The smallest absolute Gasteiger partial charge is 0.311 e. The first kappa shape index (κ1) is 13.7. The van der Waals surface area contributed by atoms with E-state index in [-0.39, 0.29) is 5.97 Å². The van der Waals surface area contributed by atoms with Gasteiger partial charge in [-0.15, -0.1) is 0 Å². The number of esters is 1. The first-order valence-corrected chi connectivity index (χ1v) is 5.81. The van der Waals surface area contributed by atoms with Crippen molar-refractivity contribution in [2.45, 2.75) is 33.9 Å². The summed E-state index contributed by atoms with van der Waals surface area (Å²) in [5.74, 6) is -0.242. The van der Waals surface area contributed by atoms with Crippen LogP contribution in [0.2, 0.25) is 0 Å². The predicted octanol–water partition coefficient (Wildman–Crippen LogP) is 3.29. The summed E-state index contributed by atoms with van der Waals surface area (Å²) in [6.45, 7) is 5.28. The van der Waals surface area contributed by atoms with Crippen molar-refractivity contribution in [3.8, 4) is 0 Å². The molecule has 0 saturated carbocycles. The Morgan fingerprint density at radius 2 is 1.88 bits per heavy atom. The highest BCUT2D eigenvalue weighted by molar-refractivity contribution is 5.76. The number of hydrogen-bond donors (Lipinski definition) is 0. The third kappa shape index (κ3) is 3.55. The molecule has 0 saturated heterocycles. The number of alkyl halides is 1. The molecule has 2 nitrogen and oxygen atoms in total. The lowest BCUT2D eigenvalue weighted by Crippen LogP contribution is -2.29. The molecule has 0 aromatic heterocycles. The second-order valence-electron chi connectivity index (χ2n) is 4.68. The molecule has 0 bridgehead atoms. The molecule has 0 aliphatic heterocycles. The Balaban J connectivity index is 2.85. The third-order valence-electron chi connectivity index (χ3n) is 2.72. The van der Waals surface area contributed by atoms with E-state index in [1.54, 1.807) is 19.1 Å². The van der Waals surface area contributed by atoms with Crippen LogP contribution in [0, 0.1) is 5.41 Å². The second-order valence-corrected chi connectivity index (χ2v) is 4.68. The van der Waals surface area contributed by atoms with Crippen molar-refractivity contribution < 1.29 is 13.9 Å². The molecule has 0 aliphatic rings. The molecular formula is C14H19FO2. The van der Waals surface area contributed by atoms with Crippen molar-refractivity contribution in [3.63, 3.8) is 0 Å². The molecule has 1 rings (SSSR count). The van der Waals surface area contributed by atoms with Gasteiger partial charge in [-0.05, 0) is 38.3 Å². The first-order valence-electron chi connectivity index (χ1n) is 5.81. The highest BCUT2D eigenvalue weighted by Gasteiger charge is 2.30. The van der Waals surface area contributed by atoms with Gasteiger partial charge in [-0.3, -0.25) is 4.79 Å². The normalized spacial score (nSPS) is 11.3. The molecule has 0 aliphatic carbocycles. The number of hydrogen-bond acceptors (Lipinski definition) is 2. The number of carbonyl (C=O) groups is 1. The van der Waals surface area contributed by atoms with Crippen molar-refractivity contribution in [2.75, 3.05) is 6.61 Å². The van der Waals surface area contributed by atoms with E-state index in [2.05, 4.69) is 0 Å². The highest BCUT2D eigenvalue weighted by atomic mass is 19.1. The van der Waals surface area contributed by atoms with Crippen LogP contribution in [0.3, 0.4) is 0 Å². The van der Waals surface area contributed by atoms with Crippen LogP contribution in [0.4, 0.5) is 4.39 Å². The van der Waals surface area contributed by atoms with Gasteiger partial charge in [0, 0.05) is 0 Å². The van der Waals surface area contributed by atoms with Crippen LogP contribution in [0.25, 0.3) is 0 Å². The zero-order valence-corrected chi connectivity index (χ0v) is 10.6. The minimum Gasteiger partial charge on any atom is -0.466 e. The fourth-order valence-electron chi connectivity index (χ4n) is 1.74. The van der Waals surface area contributed by atoms with Crippen LogP contribution >= 0.6 is 0 Å². The molecule has 17 heavy (non-hydrogen) atoms. The topological polar surface area (TPSA) is 26.3 Å². The maximum absolute atomic E-state index is 12.8. The minimum atomic E-state index is -0.624. The molecule has 1 aromatic rings. The third-order valence-corrected chi connectivity index (χ3v) is 2.72. The summed E-state index contributed by atoms with van der Waals surface area (Å²) in [5.41, 5.74) is 0.888. The van der Waals surface area contributed by atoms with Gasteiger partial charge in [0.25, 0.3) is 0 Å². The number of rotatable bonds is 5. The van der Waals surface area contributed by atoms with E-state index in [0.717, 1.165) is 5.56 Å². The Hall–Kier alpha value is -1.38. The molecule has 0 radical (unpaired) electrons. The number of benzene rings is 1. The van der Waals surface area contributed by atoms with Gasteiger partial charge in [0.05, 0.1) is 12.0 Å². The number of halogens is 1. The van der Waals surface area contributed by atoms with Gasteiger partial charge < -0.3 is 4.74 Å². The minimum absolute atomic E-state index is 0.242. The summed E-state index contributed by atoms with van der Waals surface area (Å²) >= 11 is 0. The molecular weight excluding hydrogens is 219 g/mol. The lowest BCUT2D eigenvalue weighted by atomic mass is 9.84. The summed E-state index contributed by atoms with van der Waals surface area (Å²) < 4.78 is 17.8. The van der Waals surface area contributed by atoms with Crippen molar-refractivity contribution in [1.29, 1.82) is 0 Å². The number of ether oxygens (including phenoxy) is 1. The van der Waals surface area contributed by atoms with Gasteiger partial charge in [0.2, 0.25) is 0 Å². The van der Waals surface area contributed by atoms with Crippen LogP contribution in [0.5, 0.6) is 0 Å². The Morgan fingerprint density at radius 1 is 1.29 bits per heavy atom. The molecule has 0 unspecified atom stereocenters. The van der Waals surface area contributed by atoms with Gasteiger partial charge in [0.1, 0.15) is 6.67 Å². The Morgan fingerprint density at radius 3 is 2.41 bits per heavy atom. The summed E-state index contributed by atoms with van der Waals surface area (Å²) in [6, 6.07) is 7.26. The van der Waals surface area contributed by atoms with Crippen LogP contribution < -0.4 is 0 Å². The van der Waals surface area contributed by atoms with Crippen LogP contribution in [0.15, 0.2) is 24.3 Å². The monoisotopic (exact) mass is 238 g/mol. The first-order chi connectivity index (χ1) is 8.01. The molecule has 0 N–H and O–H groups in total. The maximum Gasteiger partial charge on any atom is 0.311 e. The lowest BCUT2D eigenvalue weighted by Gasteiger charge is -2.23. The van der Waals surface area contributed by atoms with E-state index >= 15 is 0 Å². The van der Waals surface area contributed by atoms with Crippen molar-refractivity contribution in [2.24, 2.45) is 5.41 Å². The fourth-order valence-corrected chi connectivity index (χ4v) is 1.74. The summed E-state index contributed by atoms with van der Waals surface area (Å²) in [7, 11) is 0. The van der Waals surface area contributed by atoms with Gasteiger partial charge in [0.15, 0.2) is 0 Å². The summed E-state index contributed by atoms with van der Waals surface area (Å²) in [4.78, 5) is 11.8. The Labute approximate surface area is 102 Å². The number of carbonyl (C=O) groups excluding carboxylic acids is 1. The van der Waals surface area contributed by atoms with Gasteiger partial charge in [-0.1, -0.05) is 24.3 Å². The van der Waals surface area contributed by atoms with E-state index in [0.29, 0.717) is 18.6 Å². The summed E-state index contributed by atoms with van der Waals surface area (Å²) in [6.07, 6.45) is 0.492. The van der Waals surface area contributed by atoms with E-state index < -0.39 is 12.1 Å². The average molecular weight is 238 g/mol. The molecule has 94 valence electrons. The van der Waals surface area contributed by atoms with E-state index in [1.807, 2.05) is 26.0 Å². The zero-order valence-electron chi connectivity index (χ0n) is 10.6. The average Bonchev–Trinajstić information content (AvgIpc) is 2.29. The molecule has 0 fully saturated rings. The molecule has 0 heterocycles. The zero-order chi connectivity index (χ0) is 12.9. The van der Waals surface area contributed by atoms with Gasteiger partial charge in [-0.25, -0.2) is 4.39 Å². The predicted molar refractivity (Wildman–Crippen MR) is 65.4 cm³/mol. The van der Waals surface area contributed by atoms with E-state index in [9.17, 15) is 9.18 Å². The highest BCUT2D eigenvalue weighted by Crippen LogP contribution is 2.25. The van der Waals surface area contributed by atoms with Crippen molar-refractivity contribution in [1.82, 2.24) is 0 Å². The Kier molecular flexibility index (Phi) is 4.67. The SMILES string of the molecule is CCOC(=O)C(C)(C)Cc1ccccc1CF. The largest absolute Gasteiger partial charge is 0.466 e. The molecule has 1 aromatic carbocycles. The van der Waals surface area contributed by atoms with Crippen molar-refractivity contribution >= 4 is 5.97 Å². The van der Waals surface area contributed by atoms with Gasteiger partial charge >= 0.3 is 5.97 Å². The van der Waals surface area contributed by atoms with Crippen LogP contribution in [-0.4, -0.2) is 12.6 Å². The maximum atomic E-state index is 12.8. The standard InChI is InChI=1S/C14H19FO2/c1-4-17-13(16)14(2,3)9-11-7-5-6-8-12(11)10-15/h5-8H,4,9-10H2,1-3H3. The van der Waals surface area contributed by atoms with Crippen LogP contribution in [-0.2, 0) is 22.6 Å². The second kappa shape index (κ2) is 5.80. The van der Waals surface area contributed by atoms with E-state index in [4.69, 9.17) is 4.74 Å². The summed E-state index contributed by atoms with van der Waals surface area (Å²) in [5, 5.41) is 0. The molecule has 3 heteroatoms. The van der Waals surface area contributed by atoms with E-state index in [1.165, 1.54) is 0 Å². The lowest BCUT2D eigenvalue weighted by molar-refractivity contribution is -0.153. The Bertz CT molecular complexity index is 386. The fraction of sp³-hybridized carbons (Fsp3) is 0.500. The quantitative estimate of drug-likeness (QED) is 0.736. The van der Waals surface area contributed by atoms with Crippen LogP contribution in [0.1, 0.15) is 31.9 Å². The molecule has 0 amide bonds. The molecule has 0 atom stereocenters.